The van der Waals surface area contributed by atoms with Gasteiger partial charge in [0.05, 0.1) is 24.2 Å². The molecule has 3 amide bonds. The molecule has 4 aromatic rings. The molecule has 1 atom stereocenters. The number of aryl methyl sites for hydroxylation is 1. The first-order valence-corrected chi connectivity index (χ1v) is 26.2. The summed E-state index contributed by atoms with van der Waals surface area (Å²) < 4.78 is 65.6. The van der Waals surface area contributed by atoms with Gasteiger partial charge in [-0.05, 0) is 158 Å². The SMILES string of the molecule is COc1cc2nc(C)nc(N[C@H](C)c3cc(NC(=O)OC(C)(C)C)cc(C(F)(F)F)c3)c2cc1C1CCC(C(=O)N2CCC(CCOCC3CCN(c4ccccc4COC(=O)N4C=CC=CC4)CC3)CC2)CC1. The van der Waals surface area contributed by atoms with Gasteiger partial charge in [-0.3, -0.25) is 15.0 Å². The Balaban J connectivity index is 0.790. The van der Waals surface area contributed by atoms with Gasteiger partial charge in [0.2, 0.25) is 5.91 Å². The molecule has 3 aromatic carbocycles. The third-order valence-electron chi connectivity index (χ3n) is 14.8. The van der Waals surface area contributed by atoms with Crippen molar-refractivity contribution in [1.82, 2.24) is 19.8 Å². The number of likely N-dealkylation sites (tertiary alicyclic amines) is 1. The summed E-state index contributed by atoms with van der Waals surface area (Å²) in [7, 11) is 1.63. The highest BCUT2D eigenvalue weighted by atomic mass is 19.4. The molecule has 0 spiro atoms. The van der Waals surface area contributed by atoms with E-state index in [0.29, 0.717) is 46.7 Å². The molecule has 74 heavy (non-hydrogen) atoms. The van der Waals surface area contributed by atoms with E-state index in [4.69, 9.17) is 23.9 Å². The standard InChI is InChI=1S/C57H72F3N7O7/c1-37(44-30-45(57(58,59)60)32-46(31-44)64-54(69)74-56(3,4)5)61-52-48-33-47(51(71-6)34-49(48)62-38(2)63-52)41-14-16-42(17-15-41)53(68)66-27-18-39(19-28-66)22-29-72-35-40-20-25-65(26-21-40)50-13-9-8-12-43(50)36-73-55(70)67-23-10-7-11-24-67/h7-13,23,30-34,37,39-42H,14-22,24-29,35-36H2,1-6H3,(H,64,69)(H,61,62,63)/t37-,41?,42?/m1/s1. The highest BCUT2D eigenvalue weighted by Gasteiger charge is 2.35. The molecule has 17 heteroatoms. The first-order valence-electron chi connectivity index (χ1n) is 26.2. The van der Waals surface area contributed by atoms with Gasteiger partial charge in [-0.1, -0.05) is 30.4 Å². The quantitative estimate of drug-likeness (QED) is 0.110. The molecule has 0 unspecified atom stereocenters. The molecule has 3 aliphatic heterocycles. The minimum atomic E-state index is -4.66. The highest BCUT2D eigenvalue weighted by Crippen LogP contribution is 2.43. The molecule has 8 rings (SSSR count). The third kappa shape index (κ3) is 14.1. The Labute approximate surface area is 433 Å². The van der Waals surface area contributed by atoms with Crippen LogP contribution in [0.15, 0.2) is 79.0 Å². The van der Waals surface area contributed by atoms with Gasteiger partial charge >= 0.3 is 18.4 Å². The number of piperidine rings is 2. The van der Waals surface area contributed by atoms with Crippen molar-refractivity contribution >= 4 is 46.2 Å². The molecule has 1 saturated carbocycles. The van der Waals surface area contributed by atoms with Crippen LogP contribution in [0.2, 0.25) is 0 Å². The number of methoxy groups -OCH3 is 1. The van der Waals surface area contributed by atoms with Crippen molar-refractivity contribution < 1.29 is 46.5 Å². The third-order valence-corrected chi connectivity index (χ3v) is 14.8. The highest BCUT2D eigenvalue weighted by molar-refractivity contribution is 5.91. The van der Waals surface area contributed by atoms with Crippen molar-refractivity contribution in [3.63, 3.8) is 0 Å². The topological polar surface area (TPSA) is 148 Å². The number of ether oxygens (including phenoxy) is 4. The summed E-state index contributed by atoms with van der Waals surface area (Å²) in [6, 6.07) is 14.9. The number of halogens is 3. The smallest absolute Gasteiger partial charge is 0.416 e. The second kappa shape index (κ2) is 23.9. The summed E-state index contributed by atoms with van der Waals surface area (Å²) in [5, 5.41) is 6.50. The summed E-state index contributed by atoms with van der Waals surface area (Å²) in [6.45, 7) is 14.1. The molecule has 14 nitrogen and oxygen atoms in total. The predicted octanol–water partition coefficient (Wildman–Crippen LogP) is 12.3. The van der Waals surface area contributed by atoms with Crippen molar-refractivity contribution in [3.05, 3.63) is 107 Å². The van der Waals surface area contributed by atoms with Crippen LogP contribution in [0.3, 0.4) is 0 Å². The molecule has 0 bridgehead atoms. The lowest BCUT2D eigenvalue weighted by Gasteiger charge is -2.37. The average molecular weight is 1020 g/mol. The fourth-order valence-electron chi connectivity index (χ4n) is 10.7. The van der Waals surface area contributed by atoms with E-state index in [0.717, 1.165) is 126 Å². The Morgan fingerprint density at radius 3 is 2.28 bits per heavy atom. The average Bonchev–Trinajstić information content (AvgIpc) is 3.38. The predicted molar refractivity (Wildman–Crippen MR) is 280 cm³/mol. The summed E-state index contributed by atoms with van der Waals surface area (Å²) in [5.41, 5.74) is 2.22. The van der Waals surface area contributed by atoms with Crippen LogP contribution in [0.25, 0.3) is 10.9 Å². The Morgan fingerprint density at radius 1 is 0.865 bits per heavy atom. The zero-order valence-corrected chi connectivity index (χ0v) is 43.6. The Hall–Kier alpha value is -6.36. The number of benzene rings is 3. The number of nitrogens with one attached hydrogen (secondary N) is 2. The van der Waals surface area contributed by atoms with Crippen molar-refractivity contribution in [2.24, 2.45) is 17.8 Å². The molecule has 3 fully saturated rings. The van der Waals surface area contributed by atoms with Crippen molar-refractivity contribution in [2.45, 2.75) is 123 Å². The zero-order chi connectivity index (χ0) is 52.6. The maximum absolute atomic E-state index is 14.1. The largest absolute Gasteiger partial charge is 0.496 e. The first kappa shape index (κ1) is 53.9. The Morgan fingerprint density at radius 2 is 1.59 bits per heavy atom. The van der Waals surface area contributed by atoms with E-state index in [9.17, 15) is 27.6 Å². The van der Waals surface area contributed by atoms with Gasteiger partial charge in [-0.2, -0.15) is 13.2 Å². The number of alkyl halides is 3. The molecule has 2 saturated heterocycles. The maximum Gasteiger partial charge on any atom is 0.416 e. The lowest BCUT2D eigenvalue weighted by Crippen LogP contribution is -2.42. The first-order chi connectivity index (χ1) is 35.4. The lowest BCUT2D eigenvalue weighted by molar-refractivity contribution is -0.138. The van der Waals surface area contributed by atoms with Crippen LogP contribution in [0.4, 0.5) is 40.0 Å². The van der Waals surface area contributed by atoms with E-state index in [1.807, 2.05) is 48.6 Å². The summed E-state index contributed by atoms with van der Waals surface area (Å²) in [5.74, 6) is 2.98. The maximum atomic E-state index is 14.1. The van der Waals surface area contributed by atoms with E-state index < -0.39 is 29.5 Å². The molecule has 2 N–H and O–H groups in total. The minimum Gasteiger partial charge on any atom is -0.496 e. The summed E-state index contributed by atoms with van der Waals surface area (Å²) >= 11 is 0. The number of carbonyl (C=O) groups excluding carboxylic acids is 3. The van der Waals surface area contributed by atoms with Crippen LogP contribution in [0.5, 0.6) is 5.75 Å². The molecular weight excluding hydrogens is 952 g/mol. The molecular formula is C57H72F3N7O7. The van der Waals surface area contributed by atoms with Crippen LogP contribution < -0.4 is 20.3 Å². The molecule has 4 heterocycles. The Bertz CT molecular complexity index is 2670. The van der Waals surface area contributed by atoms with E-state index in [1.165, 1.54) is 6.07 Å². The molecule has 1 aromatic heterocycles. The normalized spacial score (nSPS) is 19.3. The van der Waals surface area contributed by atoms with Gasteiger partial charge in [0, 0.05) is 86.4 Å². The van der Waals surface area contributed by atoms with E-state index >= 15 is 0 Å². The number of anilines is 3. The van der Waals surface area contributed by atoms with E-state index in [-0.39, 0.29) is 41.7 Å². The van der Waals surface area contributed by atoms with E-state index in [1.54, 1.807) is 52.8 Å². The number of amides is 3. The zero-order valence-electron chi connectivity index (χ0n) is 43.6. The Kier molecular flexibility index (Phi) is 17.4. The lowest BCUT2D eigenvalue weighted by atomic mass is 9.77. The molecule has 1 aliphatic carbocycles. The van der Waals surface area contributed by atoms with Gasteiger partial charge in [-0.25, -0.2) is 19.6 Å². The fourth-order valence-corrected chi connectivity index (χ4v) is 10.7. The second-order valence-corrected chi connectivity index (χ2v) is 21.3. The number of fused-ring (bicyclic) bond motifs is 1. The van der Waals surface area contributed by atoms with Gasteiger partial charge in [-0.15, -0.1) is 0 Å². The number of hydrogen-bond acceptors (Lipinski definition) is 11. The van der Waals surface area contributed by atoms with Crippen LogP contribution in [-0.4, -0.2) is 96.5 Å². The van der Waals surface area contributed by atoms with Crippen LogP contribution in [-0.2, 0) is 31.8 Å². The second-order valence-electron chi connectivity index (χ2n) is 21.3. The van der Waals surface area contributed by atoms with Crippen molar-refractivity contribution in [1.29, 1.82) is 0 Å². The van der Waals surface area contributed by atoms with Crippen LogP contribution in [0, 0.1) is 24.7 Å². The van der Waals surface area contributed by atoms with Crippen molar-refractivity contribution in [3.8, 4) is 5.75 Å². The van der Waals surface area contributed by atoms with Gasteiger partial charge in [0.15, 0.2) is 0 Å². The van der Waals surface area contributed by atoms with Gasteiger partial charge in [0.25, 0.3) is 0 Å². The number of hydrogen-bond donors (Lipinski definition) is 2. The summed E-state index contributed by atoms with van der Waals surface area (Å²) in [4.78, 5) is 54.5. The number of para-hydroxylation sites is 1. The molecule has 4 aliphatic rings. The number of rotatable bonds is 15. The molecule has 398 valence electrons. The van der Waals surface area contributed by atoms with Crippen LogP contribution >= 0.6 is 0 Å². The summed E-state index contributed by atoms with van der Waals surface area (Å²) in [6.07, 6.45) is 9.68. The number of nitrogens with zero attached hydrogens (tertiary/aromatic N) is 5. The number of aromatic nitrogens is 2. The molecule has 0 radical (unpaired) electrons. The van der Waals surface area contributed by atoms with Gasteiger partial charge in [0.1, 0.15) is 29.6 Å². The number of allylic oxidation sites excluding steroid dienone is 2. The van der Waals surface area contributed by atoms with Gasteiger partial charge < -0.3 is 34.1 Å². The minimum absolute atomic E-state index is 0.0406. The van der Waals surface area contributed by atoms with E-state index in [2.05, 4.69) is 31.5 Å². The van der Waals surface area contributed by atoms with Crippen LogP contribution in [0.1, 0.15) is 126 Å². The van der Waals surface area contributed by atoms with Crippen molar-refractivity contribution in [2.75, 3.05) is 68.6 Å². The monoisotopic (exact) mass is 1020 g/mol. The fraction of sp³-hybridized carbons (Fsp3) is 0.526. The number of carbonyl (C=O) groups is 3.